The summed E-state index contributed by atoms with van der Waals surface area (Å²) in [4.78, 5) is 12.3. The molecular weight excluding hydrogens is 272 g/mol. The van der Waals surface area contributed by atoms with Crippen LogP contribution in [0, 0.1) is 6.92 Å². The lowest BCUT2D eigenvalue weighted by atomic mass is 10.1. The molecule has 0 N–H and O–H groups in total. The molecule has 3 aromatic rings. The molecule has 3 rings (SSSR count). The second-order valence-electron chi connectivity index (χ2n) is 4.80. The van der Waals surface area contributed by atoms with E-state index in [1.54, 1.807) is 19.3 Å². The fourth-order valence-corrected chi connectivity index (χ4v) is 2.43. The number of hydrogen-bond donors (Lipinski definition) is 0. The van der Waals surface area contributed by atoms with Crippen LogP contribution in [0.2, 0.25) is 0 Å². The second-order valence-corrected chi connectivity index (χ2v) is 4.80. The molecule has 0 spiro atoms. The summed E-state index contributed by atoms with van der Waals surface area (Å²) in [6.45, 7) is 4.24. The Morgan fingerprint density at radius 2 is 2.05 bits per heavy atom. The zero-order valence-electron chi connectivity index (χ0n) is 12.2. The van der Waals surface area contributed by atoms with Gasteiger partial charge in [-0.1, -0.05) is 6.92 Å². The van der Waals surface area contributed by atoms with Crippen LogP contribution in [0.1, 0.15) is 19.1 Å². The Bertz CT molecular complexity index is 856. The van der Waals surface area contributed by atoms with Crippen molar-refractivity contribution in [3.63, 3.8) is 0 Å². The highest BCUT2D eigenvalue weighted by Crippen LogP contribution is 2.42. The van der Waals surface area contributed by atoms with E-state index >= 15 is 0 Å². The molecule has 0 saturated carbocycles. The van der Waals surface area contributed by atoms with Gasteiger partial charge in [0.15, 0.2) is 16.6 Å². The van der Waals surface area contributed by atoms with E-state index in [0.717, 1.165) is 6.42 Å². The van der Waals surface area contributed by atoms with E-state index in [9.17, 15) is 4.79 Å². The van der Waals surface area contributed by atoms with Crippen LogP contribution in [0.4, 0.5) is 0 Å². The van der Waals surface area contributed by atoms with Gasteiger partial charge in [0.2, 0.25) is 5.75 Å². The predicted octanol–water partition coefficient (Wildman–Crippen LogP) is 3.65. The smallest absolute Gasteiger partial charge is 0.206 e. The number of aryl methyl sites for hydroxylation is 1. The summed E-state index contributed by atoms with van der Waals surface area (Å²) in [5.74, 6) is 1.42. The van der Waals surface area contributed by atoms with Crippen molar-refractivity contribution in [1.82, 2.24) is 0 Å². The number of rotatable bonds is 4. The largest absolute Gasteiger partial charge is 0.495 e. The van der Waals surface area contributed by atoms with Gasteiger partial charge >= 0.3 is 0 Å². The van der Waals surface area contributed by atoms with Gasteiger partial charge in [0.1, 0.15) is 16.9 Å². The molecule has 0 unspecified atom stereocenters. The maximum atomic E-state index is 12.3. The van der Waals surface area contributed by atoms with Crippen LogP contribution in [0.3, 0.4) is 0 Å². The van der Waals surface area contributed by atoms with E-state index < -0.39 is 0 Å². The molecule has 0 atom stereocenters. The van der Waals surface area contributed by atoms with Crippen LogP contribution < -0.4 is 14.9 Å². The normalized spacial score (nSPS) is 11.2. The summed E-state index contributed by atoms with van der Waals surface area (Å²) in [7, 11) is 1.52. The molecule has 5 nitrogen and oxygen atoms in total. The first-order valence-electron chi connectivity index (χ1n) is 6.81. The highest BCUT2D eigenvalue weighted by Gasteiger charge is 2.22. The van der Waals surface area contributed by atoms with Crippen molar-refractivity contribution in [2.45, 2.75) is 20.3 Å². The highest BCUT2D eigenvalue weighted by atomic mass is 16.5. The van der Waals surface area contributed by atoms with Gasteiger partial charge in [0, 0.05) is 6.07 Å². The lowest BCUT2D eigenvalue weighted by Gasteiger charge is -2.12. The van der Waals surface area contributed by atoms with Crippen molar-refractivity contribution in [3.8, 4) is 11.5 Å². The van der Waals surface area contributed by atoms with Crippen LogP contribution in [0.25, 0.3) is 21.9 Å². The molecule has 1 aromatic carbocycles. The number of methoxy groups -OCH3 is 1. The minimum Gasteiger partial charge on any atom is -0.495 e. The first-order valence-corrected chi connectivity index (χ1v) is 6.81. The molecule has 0 aliphatic heterocycles. The second kappa shape index (κ2) is 5.16. The molecule has 21 heavy (non-hydrogen) atoms. The summed E-state index contributed by atoms with van der Waals surface area (Å²) in [5, 5.41) is 1.08. The number of benzene rings is 1. The number of furan rings is 1. The maximum Gasteiger partial charge on any atom is 0.206 e. The number of ether oxygens (including phenoxy) is 2. The molecule has 0 fully saturated rings. The Morgan fingerprint density at radius 3 is 2.76 bits per heavy atom. The number of hydrogen-bond acceptors (Lipinski definition) is 5. The Morgan fingerprint density at radius 1 is 1.24 bits per heavy atom. The van der Waals surface area contributed by atoms with Crippen LogP contribution in [-0.2, 0) is 0 Å². The van der Waals surface area contributed by atoms with Gasteiger partial charge in [-0.05, 0) is 19.4 Å². The molecule has 0 saturated heterocycles. The van der Waals surface area contributed by atoms with E-state index in [4.69, 9.17) is 18.3 Å². The molecule has 0 aliphatic rings. The van der Waals surface area contributed by atoms with Crippen LogP contribution in [0.5, 0.6) is 11.5 Å². The Kier molecular flexibility index (Phi) is 3.33. The third-order valence-electron chi connectivity index (χ3n) is 3.27. The van der Waals surface area contributed by atoms with Crippen molar-refractivity contribution in [2.24, 2.45) is 0 Å². The number of fused-ring (bicyclic) bond motifs is 2. The average Bonchev–Trinajstić information content (AvgIpc) is 2.92. The zero-order chi connectivity index (χ0) is 15.0. The van der Waals surface area contributed by atoms with Gasteiger partial charge in [-0.25, -0.2) is 0 Å². The summed E-state index contributed by atoms with van der Waals surface area (Å²) >= 11 is 0. The summed E-state index contributed by atoms with van der Waals surface area (Å²) in [6.07, 6.45) is 2.38. The standard InChI is InChI=1S/C16H16O5/c1-4-6-19-16-14-10(5-7-20-14)13(18-3)12-11(17)8-9(2)21-15(12)16/h5,7-8H,4,6H2,1-3H3. The molecule has 2 heterocycles. The highest BCUT2D eigenvalue weighted by molar-refractivity contribution is 6.06. The quantitative estimate of drug-likeness (QED) is 0.733. The molecule has 110 valence electrons. The fourth-order valence-electron chi connectivity index (χ4n) is 2.43. The first-order chi connectivity index (χ1) is 10.2. The topological polar surface area (TPSA) is 61.8 Å². The van der Waals surface area contributed by atoms with E-state index in [1.807, 2.05) is 6.92 Å². The molecular formula is C16H16O5. The lowest BCUT2D eigenvalue weighted by molar-refractivity contribution is 0.313. The zero-order valence-corrected chi connectivity index (χ0v) is 12.2. The van der Waals surface area contributed by atoms with E-state index in [-0.39, 0.29) is 5.43 Å². The van der Waals surface area contributed by atoms with Crippen LogP contribution >= 0.6 is 0 Å². The van der Waals surface area contributed by atoms with Gasteiger partial charge in [-0.15, -0.1) is 0 Å². The van der Waals surface area contributed by atoms with Gasteiger partial charge < -0.3 is 18.3 Å². The van der Waals surface area contributed by atoms with Crippen molar-refractivity contribution in [1.29, 1.82) is 0 Å². The average molecular weight is 288 g/mol. The minimum atomic E-state index is -0.157. The van der Waals surface area contributed by atoms with Gasteiger partial charge in [0.05, 0.1) is 25.4 Å². The molecule has 0 aliphatic carbocycles. The predicted molar refractivity (Wildman–Crippen MR) is 79.3 cm³/mol. The monoisotopic (exact) mass is 288 g/mol. The molecule has 0 bridgehead atoms. The van der Waals surface area contributed by atoms with Gasteiger partial charge in [-0.2, -0.15) is 0 Å². The van der Waals surface area contributed by atoms with E-state index in [2.05, 4.69) is 0 Å². The Hall–Kier alpha value is -2.43. The molecule has 0 amide bonds. The third kappa shape index (κ3) is 2.05. The Balaban J connectivity index is 2.50. The van der Waals surface area contributed by atoms with Crippen molar-refractivity contribution >= 4 is 21.9 Å². The summed E-state index contributed by atoms with van der Waals surface area (Å²) < 4.78 is 22.4. The van der Waals surface area contributed by atoms with Gasteiger partial charge in [0.25, 0.3) is 0 Å². The SMILES string of the molecule is CCCOc1c2occc2c(OC)c2c(=O)cc(C)oc12. The van der Waals surface area contributed by atoms with Crippen molar-refractivity contribution in [3.05, 3.63) is 34.4 Å². The van der Waals surface area contributed by atoms with E-state index in [0.29, 0.717) is 45.8 Å². The molecule has 2 aromatic heterocycles. The first kappa shape index (κ1) is 13.5. The molecule has 5 heteroatoms. The maximum absolute atomic E-state index is 12.3. The van der Waals surface area contributed by atoms with Gasteiger partial charge in [-0.3, -0.25) is 4.79 Å². The van der Waals surface area contributed by atoms with Crippen molar-refractivity contribution in [2.75, 3.05) is 13.7 Å². The molecule has 0 radical (unpaired) electrons. The third-order valence-corrected chi connectivity index (χ3v) is 3.27. The summed E-state index contributed by atoms with van der Waals surface area (Å²) in [5.41, 5.74) is 0.740. The fraction of sp³-hybridized carbons (Fsp3) is 0.312. The lowest BCUT2D eigenvalue weighted by Crippen LogP contribution is -2.05. The van der Waals surface area contributed by atoms with Crippen LogP contribution in [-0.4, -0.2) is 13.7 Å². The van der Waals surface area contributed by atoms with Crippen LogP contribution in [0.15, 0.2) is 32.0 Å². The minimum absolute atomic E-state index is 0.157. The van der Waals surface area contributed by atoms with Crippen molar-refractivity contribution < 1.29 is 18.3 Å². The Labute approximate surface area is 121 Å². The van der Waals surface area contributed by atoms with E-state index in [1.165, 1.54) is 13.2 Å². The summed E-state index contributed by atoms with van der Waals surface area (Å²) in [6, 6.07) is 3.20.